The highest BCUT2D eigenvalue weighted by atomic mass is 19.1. The third kappa shape index (κ3) is 6.59. The Morgan fingerprint density at radius 2 is 2.00 bits per heavy atom. The number of hydrogen-bond acceptors (Lipinski definition) is 2. The average Bonchev–Trinajstić information content (AvgIpc) is 2.71. The molecule has 2 aromatic carbocycles. The number of anilines is 1. The smallest absolute Gasteiger partial charge is 0.321 e. The lowest BCUT2D eigenvalue weighted by atomic mass is 9.93. The van der Waals surface area contributed by atoms with Crippen LogP contribution >= 0.6 is 0 Å². The molecule has 1 aliphatic heterocycles. The van der Waals surface area contributed by atoms with Gasteiger partial charge in [-0.05, 0) is 55.9 Å². The summed E-state index contributed by atoms with van der Waals surface area (Å²) in [7, 11) is 0. The summed E-state index contributed by atoms with van der Waals surface area (Å²) in [6, 6.07) is 13.8. The zero-order chi connectivity index (χ0) is 20.6. The van der Waals surface area contributed by atoms with Crippen LogP contribution in [-0.2, 0) is 11.3 Å². The quantitative estimate of drug-likeness (QED) is 0.755. The topological polar surface area (TPSA) is 61.4 Å². The number of amides is 3. The maximum Gasteiger partial charge on any atom is 0.321 e. The Morgan fingerprint density at radius 3 is 2.79 bits per heavy atom. The van der Waals surface area contributed by atoms with Crippen molar-refractivity contribution < 1.29 is 14.0 Å². The van der Waals surface area contributed by atoms with Crippen LogP contribution in [0.2, 0.25) is 0 Å². The van der Waals surface area contributed by atoms with E-state index in [0.29, 0.717) is 37.7 Å². The summed E-state index contributed by atoms with van der Waals surface area (Å²) >= 11 is 0. The number of carbonyl (C=O) groups is 2. The lowest BCUT2D eigenvalue weighted by Gasteiger charge is -2.32. The van der Waals surface area contributed by atoms with Crippen molar-refractivity contribution in [3.8, 4) is 0 Å². The second-order valence-corrected chi connectivity index (χ2v) is 7.70. The van der Waals surface area contributed by atoms with Gasteiger partial charge in [-0.3, -0.25) is 4.79 Å². The van der Waals surface area contributed by atoms with Crippen molar-refractivity contribution in [2.45, 2.75) is 39.2 Å². The number of hydrogen-bond donors (Lipinski definition) is 2. The van der Waals surface area contributed by atoms with E-state index in [2.05, 4.69) is 16.7 Å². The number of urea groups is 1. The molecule has 5 nitrogen and oxygen atoms in total. The molecule has 1 aliphatic rings. The standard InChI is InChI=1S/C23H28FN3O2/c1-17-5-2-6-19(13-17)15-25-22(28)11-10-18-7-4-12-27(16-18)23(29)26-21-9-3-8-20(24)14-21/h2-3,5-6,8-9,13-14,18H,4,7,10-12,15-16H2,1H3,(H,25,28)(H,26,29). The lowest BCUT2D eigenvalue weighted by molar-refractivity contribution is -0.121. The SMILES string of the molecule is Cc1cccc(CNC(=O)CCC2CCCN(C(=O)Nc3cccc(F)c3)C2)c1. The predicted molar refractivity (Wildman–Crippen MR) is 112 cm³/mol. The third-order valence-corrected chi connectivity index (χ3v) is 5.23. The summed E-state index contributed by atoms with van der Waals surface area (Å²) in [6.07, 6.45) is 3.13. The normalized spacial score (nSPS) is 16.3. The molecule has 1 unspecified atom stereocenters. The molecule has 3 rings (SSSR count). The molecule has 1 heterocycles. The number of aryl methyl sites for hydroxylation is 1. The molecule has 1 saturated heterocycles. The number of rotatable bonds is 6. The molecule has 29 heavy (non-hydrogen) atoms. The Bertz CT molecular complexity index is 856. The predicted octanol–water partition coefficient (Wildman–Crippen LogP) is 4.47. The van der Waals surface area contributed by atoms with Crippen molar-refractivity contribution in [2.75, 3.05) is 18.4 Å². The van der Waals surface area contributed by atoms with E-state index in [1.807, 2.05) is 25.1 Å². The number of carbonyl (C=O) groups excluding carboxylic acids is 2. The molecule has 0 saturated carbocycles. The average molecular weight is 397 g/mol. The maximum atomic E-state index is 13.3. The highest BCUT2D eigenvalue weighted by Gasteiger charge is 2.24. The van der Waals surface area contributed by atoms with Crippen molar-refractivity contribution in [1.82, 2.24) is 10.2 Å². The van der Waals surface area contributed by atoms with Crippen molar-refractivity contribution in [2.24, 2.45) is 5.92 Å². The first-order chi connectivity index (χ1) is 14.0. The van der Waals surface area contributed by atoms with Gasteiger partial charge in [0, 0.05) is 31.7 Å². The molecule has 2 N–H and O–H groups in total. The fraction of sp³-hybridized carbons (Fsp3) is 0.391. The van der Waals surface area contributed by atoms with E-state index in [9.17, 15) is 14.0 Å². The molecule has 1 atom stereocenters. The molecule has 0 spiro atoms. The van der Waals surface area contributed by atoms with E-state index in [1.54, 1.807) is 17.0 Å². The van der Waals surface area contributed by atoms with E-state index < -0.39 is 0 Å². The Labute approximate surface area is 171 Å². The van der Waals surface area contributed by atoms with Crippen molar-refractivity contribution in [3.63, 3.8) is 0 Å². The van der Waals surface area contributed by atoms with E-state index in [4.69, 9.17) is 0 Å². The van der Waals surface area contributed by atoms with Crippen LogP contribution in [0.5, 0.6) is 0 Å². The maximum absolute atomic E-state index is 13.3. The molecular formula is C23H28FN3O2. The van der Waals surface area contributed by atoms with Gasteiger partial charge in [-0.2, -0.15) is 0 Å². The van der Waals surface area contributed by atoms with Crippen LogP contribution in [0.1, 0.15) is 36.8 Å². The van der Waals surface area contributed by atoms with Gasteiger partial charge in [-0.15, -0.1) is 0 Å². The molecule has 6 heteroatoms. The van der Waals surface area contributed by atoms with Crippen molar-refractivity contribution in [1.29, 1.82) is 0 Å². The van der Waals surface area contributed by atoms with E-state index in [-0.39, 0.29) is 17.8 Å². The number of likely N-dealkylation sites (tertiary alicyclic amines) is 1. The number of piperidine rings is 1. The van der Waals surface area contributed by atoms with Gasteiger partial charge >= 0.3 is 6.03 Å². The minimum absolute atomic E-state index is 0.0350. The van der Waals surface area contributed by atoms with Gasteiger partial charge in [0.15, 0.2) is 0 Å². The van der Waals surface area contributed by atoms with Crippen LogP contribution in [0, 0.1) is 18.7 Å². The fourth-order valence-corrected chi connectivity index (χ4v) is 3.70. The van der Waals surface area contributed by atoms with E-state index in [1.165, 1.54) is 17.7 Å². The van der Waals surface area contributed by atoms with Crippen LogP contribution in [-0.4, -0.2) is 29.9 Å². The number of nitrogens with one attached hydrogen (secondary N) is 2. The van der Waals surface area contributed by atoms with Crippen LogP contribution in [0.4, 0.5) is 14.9 Å². The molecule has 0 radical (unpaired) electrons. The summed E-state index contributed by atoms with van der Waals surface area (Å²) in [5.74, 6) is -0.0458. The van der Waals surface area contributed by atoms with Crippen LogP contribution in [0.3, 0.4) is 0 Å². The largest absolute Gasteiger partial charge is 0.352 e. The molecular weight excluding hydrogens is 369 g/mol. The third-order valence-electron chi connectivity index (χ3n) is 5.23. The van der Waals surface area contributed by atoms with Crippen LogP contribution in [0.15, 0.2) is 48.5 Å². The van der Waals surface area contributed by atoms with Gasteiger partial charge < -0.3 is 15.5 Å². The first kappa shape index (κ1) is 20.8. The Morgan fingerprint density at radius 1 is 1.17 bits per heavy atom. The first-order valence-corrected chi connectivity index (χ1v) is 10.1. The molecule has 1 fully saturated rings. The molecule has 0 aromatic heterocycles. The number of nitrogens with zero attached hydrogens (tertiary/aromatic N) is 1. The minimum Gasteiger partial charge on any atom is -0.352 e. The van der Waals surface area contributed by atoms with E-state index >= 15 is 0 Å². The van der Waals surface area contributed by atoms with Crippen LogP contribution in [0.25, 0.3) is 0 Å². The summed E-state index contributed by atoms with van der Waals surface area (Å²) in [4.78, 5) is 26.4. The summed E-state index contributed by atoms with van der Waals surface area (Å²) in [5, 5.41) is 5.72. The molecule has 0 aliphatic carbocycles. The van der Waals surface area contributed by atoms with Crippen molar-refractivity contribution >= 4 is 17.6 Å². The van der Waals surface area contributed by atoms with E-state index in [0.717, 1.165) is 24.8 Å². The van der Waals surface area contributed by atoms with Gasteiger partial charge in [0.2, 0.25) is 5.91 Å². The second-order valence-electron chi connectivity index (χ2n) is 7.70. The number of halogens is 1. The van der Waals surface area contributed by atoms with Gasteiger partial charge in [0.05, 0.1) is 0 Å². The minimum atomic E-state index is -0.379. The fourth-order valence-electron chi connectivity index (χ4n) is 3.70. The zero-order valence-corrected chi connectivity index (χ0v) is 16.8. The van der Waals surface area contributed by atoms with Gasteiger partial charge in [-0.25, -0.2) is 9.18 Å². The molecule has 154 valence electrons. The van der Waals surface area contributed by atoms with Gasteiger partial charge in [-0.1, -0.05) is 35.9 Å². The first-order valence-electron chi connectivity index (χ1n) is 10.1. The second kappa shape index (κ2) is 10.0. The lowest BCUT2D eigenvalue weighted by Crippen LogP contribution is -2.42. The summed E-state index contributed by atoms with van der Waals surface area (Å²) in [6.45, 7) is 3.86. The molecule has 2 aromatic rings. The zero-order valence-electron chi connectivity index (χ0n) is 16.8. The molecule has 0 bridgehead atoms. The Hall–Kier alpha value is -2.89. The van der Waals surface area contributed by atoms with Crippen LogP contribution < -0.4 is 10.6 Å². The number of benzene rings is 2. The Kier molecular flexibility index (Phi) is 7.22. The Balaban J connectivity index is 1.42. The highest BCUT2D eigenvalue weighted by molar-refractivity contribution is 5.89. The highest BCUT2D eigenvalue weighted by Crippen LogP contribution is 2.22. The summed E-state index contributed by atoms with van der Waals surface area (Å²) < 4.78 is 13.3. The van der Waals surface area contributed by atoms with Crippen molar-refractivity contribution in [3.05, 3.63) is 65.5 Å². The molecule has 3 amide bonds. The summed E-state index contributed by atoms with van der Waals surface area (Å²) in [5.41, 5.74) is 2.72. The monoisotopic (exact) mass is 397 g/mol. The van der Waals surface area contributed by atoms with Gasteiger partial charge in [0.25, 0.3) is 0 Å². The van der Waals surface area contributed by atoms with Gasteiger partial charge in [0.1, 0.15) is 5.82 Å².